The Hall–Kier alpha value is -1.22. The predicted octanol–water partition coefficient (Wildman–Crippen LogP) is 2.43. The van der Waals surface area contributed by atoms with E-state index in [-0.39, 0.29) is 18.2 Å². The molecule has 0 saturated carbocycles. The number of fused-ring (bicyclic) bond motifs is 1. The average molecular weight is 228 g/mol. The molecular formula is C11H14ClNO2. The molecule has 0 atom stereocenters. The van der Waals surface area contributed by atoms with Crippen LogP contribution in [0.4, 0.5) is 5.69 Å². The molecule has 0 radical (unpaired) electrons. The van der Waals surface area contributed by atoms with E-state index in [4.69, 9.17) is 10.5 Å². The maximum atomic E-state index is 11.7. The smallest absolute Gasteiger partial charge is 0.170 e. The molecule has 0 spiro atoms. The van der Waals surface area contributed by atoms with Crippen LogP contribution in [-0.4, -0.2) is 11.4 Å². The van der Waals surface area contributed by atoms with Crippen LogP contribution < -0.4 is 10.5 Å². The highest BCUT2D eigenvalue weighted by Crippen LogP contribution is 2.33. The lowest BCUT2D eigenvalue weighted by atomic mass is 9.93. The van der Waals surface area contributed by atoms with Gasteiger partial charge in [0.05, 0.1) is 12.0 Å². The van der Waals surface area contributed by atoms with Crippen molar-refractivity contribution in [3.8, 4) is 5.75 Å². The molecule has 1 aliphatic rings. The minimum atomic E-state index is -0.403. The summed E-state index contributed by atoms with van der Waals surface area (Å²) in [7, 11) is 0. The summed E-state index contributed by atoms with van der Waals surface area (Å²) in [6, 6.07) is 5.17. The Morgan fingerprint density at radius 3 is 2.73 bits per heavy atom. The first kappa shape index (κ1) is 11.9. The van der Waals surface area contributed by atoms with E-state index in [1.165, 1.54) is 0 Å². The van der Waals surface area contributed by atoms with Crippen LogP contribution in [0.15, 0.2) is 18.2 Å². The van der Waals surface area contributed by atoms with Crippen LogP contribution in [0.3, 0.4) is 0 Å². The van der Waals surface area contributed by atoms with Gasteiger partial charge in [-0.15, -0.1) is 12.4 Å². The van der Waals surface area contributed by atoms with Crippen molar-refractivity contribution >= 4 is 23.9 Å². The highest BCUT2D eigenvalue weighted by atomic mass is 35.5. The molecular weight excluding hydrogens is 214 g/mol. The van der Waals surface area contributed by atoms with Gasteiger partial charge < -0.3 is 10.5 Å². The molecule has 0 fully saturated rings. The van der Waals surface area contributed by atoms with Gasteiger partial charge in [-0.25, -0.2) is 0 Å². The topological polar surface area (TPSA) is 52.3 Å². The zero-order valence-corrected chi connectivity index (χ0v) is 9.56. The molecule has 1 heterocycles. The summed E-state index contributed by atoms with van der Waals surface area (Å²) in [5.41, 5.74) is 6.40. The van der Waals surface area contributed by atoms with Crippen LogP contribution in [0.5, 0.6) is 5.75 Å². The Morgan fingerprint density at radius 1 is 1.40 bits per heavy atom. The Balaban J connectivity index is 0.00000112. The zero-order valence-electron chi connectivity index (χ0n) is 8.74. The van der Waals surface area contributed by atoms with E-state index in [9.17, 15) is 4.79 Å². The highest BCUT2D eigenvalue weighted by Gasteiger charge is 2.32. The molecule has 0 aromatic heterocycles. The van der Waals surface area contributed by atoms with Gasteiger partial charge in [0, 0.05) is 5.69 Å². The lowest BCUT2D eigenvalue weighted by Gasteiger charge is -2.31. The number of halogens is 1. The minimum absolute atomic E-state index is 0. The average Bonchev–Trinajstić information content (AvgIpc) is 2.05. The van der Waals surface area contributed by atoms with E-state index in [0.717, 1.165) is 0 Å². The number of hydrogen-bond donors (Lipinski definition) is 1. The molecule has 1 aromatic carbocycles. The number of benzene rings is 1. The number of rotatable bonds is 0. The summed E-state index contributed by atoms with van der Waals surface area (Å²) in [5, 5.41) is 0. The van der Waals surface area contributed by atoms with Crippen molar-refractivity contribution in [3.05, 3.63) is 23.8 Å². The fraction of sp³-hybridized carbons (Fsp3) is 0.364. The molecule has 4 heteroatoms. The van der Waals surface area contributed by atoms with Crippen LogP contribution >= 0.6 is 12.4 Å². The molecule has 15 heavy (non-hydrogen) atoms. The third kappa shape index (κ3) is 2.23. The van der Waals surface area contributed by atoms with Crippen molar-refractivity contribution < 1.29 is 9.53 Å². The first-order valence-electron chi connectivity index (χ1n) is 4.60. The lowest BCUT2D eigenvalue weighted by molar-refractivity contribution is 0.0620. The van der Waals surface area contributed by atoms with Gasteiger partial charge in [0.1, 0.15) is 11.4 Å². The Bertz CT molecular complexity index is 402. The summed E-state index contributed by atoms with van der Waals surface area (Å²) in [5.74, 6) is 0.740. The maximum Gasteiger partial charge on any atom is 0.170 e. The SMILES string of the molecule is CC1(C)CC(=O)c2cc(N)ccc2O1.Cl. The first-order chi connectivity index (χ1) is 6.48. The first-order valence-corrected chi connectivity index (χ1v) is 4.60. The second kappa shape index (κ2) is 3.74. The van der Waals surface area contributed by atoms with Crippen molar-refractivity contribution in [2.75, 3.05) is 5.73 Å². The lowest BCUT2D eigenvalue weighted by Crippen LogP contribution is -2.35. The maximum absolute atomic E-state index is 11.7. The minimum Gasteiger partial charge on any atom is -0.487 e. The summed E-state index contributed by atoms with van der Waals surface area (Å²) in [6.07, 6.45) is 0.406. The summed E-state index contributed by atoms with van der Waals surface area (Å²) >= 11 is 0. The third-order valence-corrected chi connectivity index (χ3v) is 2.28. The predicted molar refractivity (Wildman–Crippen MR) is 61.8 cm³/mol. The number of carbonyl (C=O) groups is 1. The van der Waals surface area contributed by atoms with Gasteiger partial charge in [0.25, 0.3) is 0 Å². The van der Waals surface area contributed by atoms with Crippen LogP contribution in [0.2, 0.25) is 0 Å². The number of anilines is 1. The zero-order chi connectivity index (χ0) is 10.3. The van der Waals surface area contributed by atoms with Crippen molar-refractivity contribution in [2.45, 2.75) is 25.9 Å². The van der Waals surface area contributed by atoms with E-state index >= 15 is 0 Å². The van der Waals surface area contributed by atoms with Gasteiger partial charge in [-0.2, -0.15) is 0 Å². The largest absolute Gasteiger partial charge is 0.487 e. The summed E-state index contributed by atoms with van der Waals surface area (Å²) in [6.45, 7) is 3.81. The van der Waals surface area contributed by atoms with Crippen molar-refractivity contribution in [2.24, 2.45) is 0 Å². The number of nitrogens with two attached hydrogens (primary N) is 1. The second-order valence-electron chi connectivity index (χ2n) is 4.22. The Morgan fingerprint density at radius 2 is 2.07 bits per heavy atom. The molecule has 1 aliphatic heterocycles. The molecule has 2 N–H and O–H groups in total. The molecule has 3 nitrogen and oxygen atoms in total. The van der Waals surface area contributed by atoms with E-state index in [0.29, 0.717) is 23.4 Å². The summed E-state index contributed by atoms with van der Waals surface area (Å²) in [4.78, 5) is 11.7. The van der Waals surface area contributed by atoms with Crippen LogP contribution in [0.1, 0.15) is 30.6 Å². The third-order valence-electron chi connectivity index (χ3n) is 2.28. The highest BCUT2D eigenvalue weighted by molar-refractivity contribution is 6.01. The van der Waals surface area contributed by atoms with E-state index in [1.807, 2.05) is 13.8 Å². The number of ether oxygens (including phenoxy) is 1. The molecule has 0 amide bonds. The molecule has 0 bridgehead atoms. The van der Waals surface area contributed by atoms with Crippen molar-refractivity contribution in [1.29, 1.82) is 0 Å². The van der Waals surface area contributed by atoms with Crippen molar-refractivity contribution in [3.63, 3.8) is 0 Å². The van der Waals surface area contributed by atoms with Gasteiger partial charge in [-0.3, -0.25) is 4.79 Å². The molecule has 0 saturated heterocycles. The number of carbonyl (C=O) groups excluding carboxylic acids is 1. The summed E-state index contributed by atoms with van der Waals surface area (Å²) < 4.78 is 5.67. The van der Waals surface area contributed by atoms with Gasteiger partial charge in [0.2, 0.25) is 0 Å². The fourth-order valence-corrected chi connectivity index (χ4v) is 1.67. The number of nitrogen functional groups attached to an aromatic ring is 1. The fourth-order valence-electron chi connectivity index (χ4n) is 1.67. The molecule has 0 aliphatic carbocycles. The Kier molecular flexibility index (Phi) is 2.95. The molecule has 2 rings (SSSR count). The molecule has 82 valence electrons. The number of hydrogen-bond acceptors (Lipinski definition) is 3. The van der Waals surface area contributed by atoms with Crippen LogP contribution in [0, 0.1) is 0 Å². The van der Waals surface area contributed by atoms with Gasteiger partial charge >= 0.3 is 0 Å². The van der Waals surface area contributed by atoms with E-state index < -0.39 is 5.60 Å². The van der Waals surface area contributed by atoms with E-state index in [1.54, 1.807) is 18.2 Å². The van der Waals surface area contributed by atoms with Crippen molar-refractivity contribution in [1.82, 2.24) is 0 Å². The number of ketones is 1. The molecule has 0 unspecified atom stereocenters. The normalized spacial score (nSPS) is 17.3. The standard InChI is InChI=1S/C11H13NO2.ClH/c1-11(2)6-9(13)8-5-7(12)3-4-10(8)14-11;/h3-5H,6,12H2,1-2H3;1H. The molecule has 1 aromatic rings. The van der Waals surface area contributed by atoms with Crippen LogP contribution in [0.25, 0.3) is 0 Å². The van der Waals surface area contributed by atoms with Gasteiger partial charge in [-0.1, -0.05) is 0 Å². The van der Waals surface area contributed by atoms with Gasteiger partial charge in [0.15, 0.2) is 5.78 Å². The van der Waals surface area contributed by atoms with Gasteiger partial charge in [-0.05, 0) is 32.0 Å². The second-order valence-corrected chi connectivity index (χ2v) is 4.22. The quantitative estimate of drug-likeness (QED) is 0.693. The number of Topliss-reactive ketones (excluding diaryl/α,β-unsaturated/α-hetero) is 1. The van der Waals surface area contributed by atoms with E-state index in [2.05, 4.69) is 0 Å². The van der Waals surface area contributed by atoms with Crippen LogP contribution in [-0.2, 0) is 0 Å². The Labute approximate surface area is 95.0 Å². The monoisotopic (exact) mass is 227 g/mol.